The van der Waals surface area contributed by atoms with Crippen LogP contribution in [-0.4, -0.2) is 27.6 Å². The van der Waals surface area contributed by atoms with E-state index in [1.54, 1.807) is 49.1 Å². The van der Waals surface area contributed by atoms with Gasteiger partial charge in [0, 0.05) is 42.2 Å². The molecule has 1 aromatic carbocycles. The second-order valence-corrected chi connectivity index (χ2v) is 9.63. The predicted octanol–water partition coefficient (Wildman–Crippen LogP) is 3.36. The van der Waals surface area contributed by atoms with Crippen LogP contribution in [0.2, 0.25) is 0 Å². The zero-order valence-electron chi connectivity index (χ0n) is 17.4. The molecule has 7 nitrogen and oxygen atoms in total. The largest absolute Gasteiger partial charge is 0.382 e. The van der Waals surface area contributed by atoms with Gasteiger partial charge in [-0.1, -0.05) is 29.8 Å². The van der Waals surface area contributed by atoms with Crippen LogP contribution in [0.4, 0.5) is 5.82 Å². The molecule has 0 fully saturated rings. The summed E-state index contributed by atoms with van der Waals surface area (Å²) in [6.45, 7) is 1.91. The molecule has 2 N–H and O–H groups in total. The van der Waals surface area contributed by atoms with Gasteiger partial charge < -0.3 is 5.73 Å². The number of aromatic nitrogens is 4. The van der Waals surface area contributed by atoms with Crippen LogP contribution in [0.25, 0.3) is 6.08 Å². The molecule has 4 aromatic rings. The Balaban J connectivity index is 1.71. The third kappa shape index (κ3) is 3.11. The summed E-state index contributed by atoms with van der Waals surface area (Å²) in [7, 11) is -3.92. The minimum Gasteiger partial charge on any atom is -0.382 e. The van der Waals surface area contributed by atoms with Gasteiger partial charge in [-0.05, 0) is 54.4 Å². The number of hydrogen-bond acceptors (Lipinski definition) is 6. The third-order valence-electron chi connectivity index (χ3n) is 5.93. The monoisotopic (exact) mass is 443 g/mol. The molecule has 160 valence electrons. The van der Waals surface area contributed by atoms with Gasteiger partial charge in [-0.3, -0.25) is 9.97 Å². The van der Waals surface area contributed by atoms with Gasteiger partial charge in [0.1, 0.15) is 0 Å². The fourth-order valence-corrected chi connectivity index (χ4v) is 5.56. The third-order valence-corrected chi connectivity index (χ3v) is 7.56. The lowest BCUT2D eigenvalue weighted by molar-refractivity contribution is 0.565. The van der Waals surface area contributed by atoms with Crippen LogP contribution in [0.1, 0.15) is 27.9 Å². The van der Waals surface area contributed by atoms with Crippen molar-refractivity contribution < 1.29 is 8.42 Å². The van der Waals surface area contributed by atoms with Crippen LogP contribution < -0.4 is 5.73 Å². The molecule has 0 spiro atoms. The summed E-state index contributed by atoms with van der Waals surface area (Å²) in [6, 6.07) is 14.5. The summed E-state index contributed by atoms with van der Waals surface area (Å²) in [5.41, 5.74) is 9.65. The molecule has 3 aromatic heterocycles. The maximum atomic E-state index is 13.5. The molecule has 5 rings (SSSR count). The van der Waals surface area contributed by atoms with E-state index in [0.29, 0.717) is 17.7 Å². The average molecular weight is 444 g/mol. The number of anilines is 1. The summed E-state index contributed by atoms with van der Waals surface area (Å²) < 4.78 is 28.1. The van der Waals surface area contributed by atoms with Gasteiger partial charge >= 0.3 is 0 Å². The van der Waals surface area contributed by atoms with Crippen LogP contribution in [0.3, 0.4) is 0 Å². The fraction of sp³-hybridized carbons (Fsp3) is 0.125. The summed E-state index contributed by atoms with van der Waals surface area (Å²) in [4.78, 5) is 8.46. The first-order valence-electron chi connectivity index (χ1n) is 10.1. The molecule has 0 amide bonds. The highest BCUT2D eigenvalue weighted by Gasteiger charge is 2.39. The fourth-order valence-electron chi connectivity index (χ4n) is 4.23. The molecule has 3 heterocycles. The van der Waals surface area contributed by atoms with Crippen molar-refractivity contribution in [1.29, 1.82) is 0 Å². The van der Waals surface area contributed by atoms with Gasteiger partial charge in [0.25, 0.3) is 10.0 Å². The minimum absolute atomic E-state index is 0.168. The van der Waals surface area contributed by atoms with E-state index in [4.69, 9.17) is 5.73 Å². The molecule has 1 aliphatic carbocycles. The molecular formula is C24H21N5O2S. The highest BCUT2D eigenvalue weighted by Crippen LogP contribution is 2.43. The Morgan fingerprint density at radius 3 is 2.03 bits per heavy atom. The lowest BCUT2D eigenvalue weighted by atomic mass is 9.69. The van der Waals surface area contributed by atoms with Crippen LogP contribution in [-0.2, 0) is 21.9 Å². The highest BCUT2D eigenvalue weighted by atomic mass is 32.2. The van der Waals surface area contributed by atoms with E-state index >= 15 is 0 Å². The molecular weight excluding hydrogens is 422 g/mol. The number of benzene rings is 1. The number of fused-ring (bicyclic) bond motifs is 1. The zero-order valence-corrected chi connectivity index (χ0v) is 18.2. The maximum absolute atomic E-state index is 13.5. The van der Waals surface area contributed by atoms with Crippen molar-refractivity contribution in [2.24, 2.45) is 0 Å². The summed E-state index contributed by atoms with van der Waals surface area (Å²) in [5, 5.41) is 4.25. The van der Waals surface area contributed by atoms with Crippen molar-refractivity contribution in [3.63, 3.8) is 0 Å². The Morgan fingerprint density at radius 1 is 0.906 bits per heavy atom. The number of rotatable bonds is 4. The van der Waals surface area contributed by atoms with Crippen molar-refractivity contribution in [2.75, 3.05) is 5.73 Å². The van der Waals surface area contributed by atoms with Gasteiger partial charge in [0.05, 0.1) is 10.6 Å². The molecule has 0 saturated heterocycles. The van der Waals surface area contributed by atoms with Crippen LogP contribution in [0.15, 0.2) is 84.3 Å². The first-order valence-corrected chi connectivity index (χ1v) is 11.6. The van der Waals surface area contributed by atoms with Crippen molar-refractivity contribution >= 4 is 21.9 Å². The molecule has 8 heteroatoms. The van der Waals surface area contributed by atoms with Gasteiger partial charge in [-0.25, -0.2) is 0 Å². The van der Waals surface area contributed by atoms with Crippen LogP contribution >= 0.6 is 0 Å². The standard InChI is InChI=1S/C24H21N5O2S/c1-17-2-4-20(5-3-17)32(30,31)29-22-16-24(18-7-12-26-13-8-18,19-9-14-27-15-10-19)11-6-21(22)23(25)28-29/h2-15H,16H2,1H3,(H2,25,28). The van der Waals surface area contributed by atoms with Gasteiger partial charge in [-0.2, -0.15) is 12.5 Å². The topological polar surface area (TPSA) is 104 Å². The van der Waals surface area contributed by atoms with Gasteiger partial charge in [-0.15, -0.1) is 5.10 Å². The minimum atomic E-state index is -3.92. The Kier molecular flexibility index (Phi) is 4.67. The maximum Gasteiger partial charge on any atom is 0.283 e. The van der Waals surface area contributed by atoms with Gasteiger partial charge in [0.2, 0.25) is 0 Å². The van der Waals surface area contributed by atoms with Gasteiger partial charge in [0.15, 0.2) is 5.82 Å². The SMILES string of the molecule is Cc1ccc(S(=O)(=O)n2nc(N)c3c2CC(c2ccncc2)(c2ccncc2)C=C3)cc1. The molecule has 0 saturated carbocycles. The number of allylic oxidation sites excluding steroid dienone is 1. The molecule has 0 unspecified atom stereocenters. The Morgan fingerprint density at radius 2 is 1.47 bits per heavy atom. The zero-order chi connectivity index (χ0) is 22.3. The lowest BCUT2D eigenvalue weighted by Gasteiger charge is -2.34. The Labute approximate surface area is 186 Å². The summed E-state index contributed by atoms with van der Waals surface area (Å²) >= 11 is 0. The van der Waals surface area contributed by atoms with E-state index in [0.717, 1.165) is 20.8 Å². The molecule has 0 aliphatic heterocycles. The smallest absolute Gasteiger partial charge is 0.283 e. The van der Waals surface area contributed by atoms with Crippen molar-refractivity contribution in [3.05, 3.63) is 107 Å². The van der Waals surface area contributed by atoms with E-state index in [2.05, 4.69) is 21.1 Å². The number of nitrogens with zero attached hydrogens (tertiary/aromatic N) is 4. The predicted molar refractivity (Wildman–Crippen MR) is 122 cm³/mol. The normalized spacial score (nSPS) is 14.8. The molecule has 1 aliphatic rings. The second-order valence-electron chi connectivity index (χ2n) is 7.86. The van der Waals surface area contributed by atoms with E-state index in [9.17, 15) is 8.42 Å². The average Bonchev–Trinajstić information content (AvgIpc) is 3.17. The summed E-state index contributed by atoms with van der Waals surface area (Å²) in [6.07, 6.45) is 11.2. The number of nitrogens with two attached hydrogens (primary N) is 1. The molecule has 0 radical (unpaired) electrons. The van der Waals surface area contributed by atoms with Crippen LogP contribution in [0.5, 0.6) is 0 Å². The van der Waals surface area contributed by atoms with E-state index in [-0.39, 0.29) is 10.7 Å². The number of aryl methyl sites for hydroxylation is 1. The number of hydrogen-bond donors (Lipinski definition) is 1. The molecule has 0 atom stereocenters. The second kappa shape index (κ2) is 7.42. The van der Waals surface area contributed by atoms with Crippen molar-refractivity contribution in [1.82, 2.24) is 19.2 Å². The van der Waals surface area contributed by atoms with Crippen LogP contribution in [0, 0.1) is 6.92 Å². The quantitative estimate of drug-likeness (QED) is 0.519. The highest BCUT2D eigenvalue weighted by molar-refractivity contribution is 7.89. The van der Waals surface area contributed by atoms with Crippen molar-refractivity contribution in [2.45, 2.75) is 23.7 Å². The number of pyridine rings is 2. The lowest BCUT2D eigenvalue weighted by Crippen LogP contribution is -2.32. The Bertz CT molecular complexity index is 1370. The van der Waals surface area contributed by atoms with E-state index in [1.165, 1.54) is 0 Å². The molecule has 0 bridgehead atoms. The van der Waals surface area contributed by atoms with E-state index in [1.807, 2.05) is 37.3 Å². The first kappa shape index (κ1) is 20.1. The summed E-state index contributed by atoms with van der Waals surface area (Å²) in [5.74, 6) is 0.185. The Hall–Kier alpha value is -3.78. The first-order chi connectivity index (χ1) is 15.4. The molecule has 32 heavy (non-hydrogen) atoms. The van der Waals surface area contributed by atoms with Crippen molar-refractivity contribution in [3.8, 4) is 0 Å². The van der Waals surface area contributed by atoms with E-state index < -0.39 is 15.4 Å². The number of nitrogen functional groups attached to an aromatic ring is 1.